The highest BCUT2D eigenvalue weighted by Crippen LogP contribution is 2.19. The van der Waals surface area contributed by atoms with E-state index in [0.717, 1.165) is 5.57 Å². The Morgan fingerprint density at radius 1 is 1.47 bits per heavy atom. The minimum absolute atomic E-state index is 0.215. The van der Waals surface area contributed by atoms with Crippen molar-refractivity contribution in [2.75, 3.05) is 5.32 Å². The van der Waals surface area contributed by atoms with Crippen LogP contribution >= 0.6 is 31.9 Å². The summed E-state index contributed by atoms with van der Waals surface area (Å²) in [5.74, 6) is 0.188. The Morgan fingerprint density at radius 3 is 2.67 bits per heavy atom. The summed E-state index contributed by atoms with van der Waals surface area (Å²) < 4.78 is 1.10. The number of halogens is 2. The summed E-state index contributed by atoms with van der Waals surface area (Å²) in [6, 6.07) is 0. The smallest absolute Gasteiger partial charge is 0.249 e. The van der Waals surface area contributed by atoms with Crippen molar-refractivity contribution in [2.24, 2.45) is 0 Å². The first kappa shape index (κ1) is 12.3. The van der Waals surface area contributed by atoms with E-state index in [9.17, 15) is 4.79 Å². The van der Waals surface area contributed by atoms with Gasteiger partial charge < -0.3 is 5.32 Å². The molecule has 0 atom stereocenters. The number of rotatable bonds is 2. The minimum atomic E-state index is -0.215. The van der Waals surface area contributed by atoms with Gasteiger partial charge in [0.05, 0.1) is 6.20 Å². The second-order valence-corrected chi connectivity index (χ2v) is 4.61. The largest absolute Gasteiger partial charge is 0.305 e. The third-order valence-electron chi connectivity index (χ3n) is 1.36. The Hall–Kier alpha value is -0.750. The van der Waals surface area contributed by atoms with E-state index in [1.165, 1.54) is 12.3 Å². The van der Waals surface area contributed by atoms with Gasteiger partial charge in [-0.2, -0.15) is 0 Å². The van der Waals surface area contributed by atoms with Gasteiger partial charge in [-0.3, -0.25) is 4.79 Å². The van der Waals surface area contributed by atoms with Gasteiger partial charge in [0.2, 0.25) is 5.91 Å². The summed E-state index contributed by atoms with van der Waals surface area (Å²) >= 11 is 6.38. The second-order valence-electron chi connectivity index (χ2n) is 3.04. The second kappa shape index (κ2) is 5.37. The van der Waals surface area contributed by atoms with E-state index in [0.29, 0.717) is 15.0 Å². The standard InChI is InChI=1S/C9H9Br2N3O/c1-5(2)3-7(15)14-9-8(11)13-6(10)4-12-9/h3-4H,1-2H3,(H,12,14,15). The van der Waals surface area contributed by atoms with Gasteiger partial charge in [-0.15, -0.1) is 0 Å². The molecule has 1 heterocycles. The Kier molecular flexibility index (Phi) is 4.41. The summed E-state index contributed by atoms with van der Waals surface area (Å²) in [5, 5.41) is 2.61. The van der Waals surface area contributed by atoms with Crippen LogP contribution in [0.3, 0.4) is 0 Å². The van der Waals surface area contributed by atoms with Crippen molar-refractivity contribution < 1.29 is 4.79 Å². The molecule has 1 aromatic heterocycles. The van der Waals surface area contributed by atoms with Crippen LogP contribution in [0.5, 0.6) is 0 Å². The molecule has 0 spiro atoms. The van der Waals surface area contributed by atoms with Crippen LogP contribution in [0.25, 0.3) is 0 Å². The van der Waals surface area contributed by atoms with Gasteiger partial charge in [-0.1, -0.05) is 5.57 Å². The average Bonchev–Trinajstić information content (AvgIpc) is 2.08. The van der Waals surface area contributed by atoms with E-state index < -0.39 is 0 Å². The van der Waals surface area contributed by atoms with Gasteiger partial charge in [0.1, 0.15) is 9.21 Å². The van der Waals surface area contributed by atoms with Crippen molar-refractivity contribution in [1.29, 1.82) is 0 Å². The lowest BCUT2D eigenvalue weighted by Gasteiger charge is -2.03. The highest BCUT2D eigenvalue weighted by atomic mass is 79.9. The summed E-state index contributed by atoms with van der Waals surface area (Å²) in [5.41, 5.74) is 0.925. The number of amides is 1. The van der Waals surface area contributed by atoms with Crippen molar-refractivity contribution in [2.45, 2.75) is 13.8 Å². The number of hydrogen-bond acceptors (Lipinski definition) is 3. The normalized spacial score (nSPS) is 9.60. The number of carbonyl (C=O) groups excluding carboxylic acids is 1. The van der Waals surface area contributed by atoms with Gasteiger partial charge in [0.15, 0.2) is 5.82 Å². The molecular weight excluding hydrogens is 326 g/mol. The zero-order valence-electron chi connectivity index (χ0n) is 8.21. The zero-order chi connectivity index (χ0) is 11.4. The van der Waals surface area contributed by atoms with Gasteiger partial charge in [0, 0.05) is 6.08 Å². The van der Waals surface area contributed by atoms with Crippen molar-refractivity contribution in [3.8, 4) is 0 Å². The molecule has 0 aromatic carbocycles. The van der Waals surface area contributed by atoms with Crippen LogP contribution in [0.15, 0.2) is 27.1 Å². The number of anilines is 1. The first-order chi connectivity index (χ1) is 6.99. The summed E-state index contributed by atoms with van der Waals surface area (Å²) in [4.78, 5) is 19.4. The van der Waals surface area contributed by atoms with E-state index in [1.807, 2.05) is 13.8 Å². The molecule has 0 saturated heterocycles. The number of hydrogen-bond donors (Lipinski definition) is 1. The summed E-state index contributed by atoms with van der Waals surface area (Å²) in [6.45, 7) is 3.70. The molecule has 1 amide bonds. The van der Waals surface area contributed by atoms with Crippen LogP contribution in [0.1, 0.15) is 13.8 Å². The van der Waals surface area contributed by atoms with Crippen molar-refractivity contribution >= 4 is 43.6 Å². The molecule has 0 aliphatic heterocycles. The van der Waals surface area contributed by atoms with E-state index in [4.69, 9.17) is 0 Å². The molecule has 0 fully saturated rings. The van der Waals surface area contributed by atoms with E-state index in [-0.39, 0.29) is 5.91 Å². The van der Waals surface area contributed by atoms with Gasteiger partial charge in [-0.05, 0) is 45.7 Å². The summed E-state index contributed by atoms with van der Waals surface area (Å²) in [6.07, 6.45) is 3.01. The molecule has 0 radical (unpaired) electrons. The zero-order valence-corrected chi connectivity index (χ0v) is 11.4. The monoisotopic (exact) mass is 333 g/mol. The molecule has 15 heavy (non-hydrogen) atoms. The predicted octanol–water partition coefficient (Wildman–Crippen LogP) is 2.91. The Morgan fingerprint density at radius 2 is 2.13 bits per heavy atom. The minimum Gasteiger partial charge on any atom is -0.305 e. The molecule has 0 aliphatic carbocycles. The van der Waals surface area contributed by atoms with Crippen LogP contribution in [0.4, 0.5) is 5.82 Å². The number of carbonyl (C=O) groups is 1. The number of nitrogens with zero attached hydrogens (tertiary/aromatic N) is 2. The Balaban J connectivity index is 2.82. The molecule has 0 bridgehead atoms. The lowest BCUT2D eigenvalue weighted by molar-refractivity contribution is -0.112. The van der Waals surface area contributed by atoms with E-state index in [1.54, 1.807) is 0 Å². The lowest BCUT2D eigenvalue weighted by Crippen LogP contribution is -2.10. The maximum Gasteiger partial charge on any atom is 0.249 e. The van der Waals surface area contributed by atoms with Gasteiger partial charge in [0.25, 0.3) is 0 Å². The molecule has 0 unspecified atom stereocenters. The first-order valence-electron chi connectivity index (χ1n) is 4.13. The topological polar surface area (TPSA) is 54.9 Å². The Labute approximate surface area is 104 Å². The molecule has 80 valence electrons. The van der Waals surface area contributed by atoms with Crippen molar-refractivity contribution in [3.05, 3.63) is 27.1 Å². The van der Waals surface area contributed by atoms with Crippen LogP contribution in [0.2, 0.25) is 0 Å². The van der Waals surface area contributed by atoms with Crippen molar-refractivity contribution in [3.63, 3.8) is 0 Å². The fourth-order valence-corrected chi connectivity index (χ4v) is 1.76. The van der Waals surface area contributed by atoms with Crippen LogP contribution < -0.4 is 5.32 Å². The lowest BCUT2D eigenvalue weighted by atomic mass is 10.3. The SMILES string of the molecule is CC(C)=CC(=O)Nc1ncc(Br)nc1Br. The Bertz CT molecular complexity index is 414. The molecular formula is C9H9Br2N3O. The maximum atomic E-state index is 11.4. The average molecular weight is 335 g/mol. The van der Waals surface area contributed by atoms with Gasteiger partial charge in [-0.25, -0.2) is 9.97 Å². The first-order valence-corrected chi connectivity index (χ1v) is 5.71. The van der Waals surface area contributed by atoms with Crippen LogP contribution in [-0.2, 0) is 4.79 Å². The van der Waals surface area contributed by atoms with Gasteiger partial charge >= 0.3 is 0 Å². The number of aromatic nitrogens is 2. The molecule has 0 aliphatic rings. The van der Waals surface area contributed by atoms with E-state index in [2.05, 4.69) is 47.1 Å². The molecule has 1 aromatic rings. The summed E-state index contributed by atoms with van der Waals surface area (Å²) in [7, 11) is 0. The molecule has 6 heteroatoms. The highest BCUT2D eigenvalue weighted by molar-refractivity contribution is 9.11. The fourth-order valence-electron chi connectivity index (χ4n) is 0.845. The van der Waals surface area contributed by atoms with E-state index >= 15 is 0 Å². The quantitative estimate of drug-likeness (QED) is 0.846. The fraction of sp³-hybridized carbons (Fsp3) is 0.222. The third-order valence-corrected chi connectivity index (χ3v) is 2.30. The third kappa shape index (κ3) is 4.09. The van der Waals surface area contributed by atoms with Crippen LogP contribution in [0, 0.1) is 0 Å². The molecule has 1 rings (SSSR count). The number of allylic oxidation sites excluding steroid dienone is 1. The molecule has 4 nitrogen and oxygen atoms in total. The van der Waals surface area contributed by atoms with Crippen molar-refractivity contribution in [1.82, 2.24) is 9.97 Å². The van der Waals surface area contributed by atoms with Crippen LogP contribution in [-0.4, -0.2) is 15.9 Å². The molecule has 0 saturated carbocycles. The maximum absolute atomic E-state index is 11.4. The predicted molar refractivity (Wildman–Crippen MR) is 65.5 cm³/mol. The number of nitrogens with one attached hydrogen (secondary N) is 1. The highest BCUT2D eigenvalue weighted by Gasteiger charge is 2.06. The molecule has 1 N–H and O–H groups in total.